The van der Waals surface area contributed by atoms with Gasteiger partial charge >= 0.3 is 0 Å². The van der Waals surface area contributed by atoms with Gasteiger partial charge in [-0.05, 0) is 42.5 Å². The maximum Gasteiger partial charge on any atom is 0.123 e. The molecule has 1 aliphatic rings. The van der Waals surface area contributed by atoms with E-state index in [4.69, 9.17) is 9.15 Å². The normalized spacial score (nSPS) is 20.5. The van der Waals surface area contributed by atoms with Crippen LogP contribution in [0.5, 0.6) is 0 Å². The van der Waals surface area contributed by atoms with Crippen molar-refractivity contribution in [3.8, 4) is 0 Å². The molecule has 0 bridgehead atoms. The molecule has 3 rings (SSSR count). The Morgan fingerprint density at radius 3 is 2.81 bits per heavy atom. The van der Waals surface area contributed by atoms with Gasteiger partial charge in [-0.2, -0.15) is 0 Å². The van der Waals surface area contributed by atoms with Crippen molar-refractivity contribution in [1.82, 2.24) is 0 Å². The Bertz CT molecular complexity index is 590. The number of rotatable bonds is 7. The first-order valence-electron chi connectivity index (χ1n) is 7.67. The van der Waals surface area contributed by atoms with Crippen molar-refractivity contribution < 1.29 is 9.15 Å². The second-order valence-electron chi connectivity index (χ2n) is 5.88. The Morgan fingerprint density at radius 2 is 2.05 bits per heavy atom. The molecule has 1 aromatic heterocycles. The van der Waals surface area contributed by atoms with Crippen molar-refractivity contribution in [3.63, 3.8) is 0 Å². The Kier molecular flexibility index (Phi) is 4.30. The largest absolute Gasteiger partial charge is 0.464 e. The molecular weight excluding hydrogens is 262 g/mol. The quantitative estimate of drug-likeness (QED) is 0.827. The van der Waals surface area contributed by atoms with Crippen LogP contribution in [0.2, 0.25) is 0 Å². The second kappa shape index (κ2) is 6.35. The molecular formula is C18H23NO2. The lowest BCUT2D eigenvalue weighted by Gasteiger charge is -2.10. The van der Waals surface area contributed by atoms with Crippen molar-refractivity contribution in [3.05, 3.63) is 53.5 Å². The first-order chi connectivity index (χ1) is 10.3. The van der Waals surface area contributed by atoms with E-state index < -0.39 is 0 Å². The number of anilines is 1. The zero-order chi connectivity index (χ0) is 14.7. The number of benzene rings is 1. The van der Waals surface area contributed by atoms with Crippen LogP contribution in [0, 0.1) is 5.92 Å². The van der Waals surface area contributed by atoms with Gasteiger partial charge in [-0.25, -0.2) is 0 Å². The van der Waals surface area contributed by atoms with Crippen LogP contribution < -0.4 is 5.32 Å². The van der Waals surface area contributed by atoms with Crippen LogP contribution in [0.4, 0.5) is 5.69 Å². The first kappa shape index (κ1) is 14.2. The van der Waals surface area contributed by atoms with E-state index >= 15 is 0 Å². The Labute approximate surface area is 126 Å². The smallest absolute Gasteiger partial charge is 0.123 e. The average molecular weight is 285 g/mol. The van der Waals surface area contributed by atoms with Gasteiger partial charge in [0, 0.05) is 18.7 Å². The van der Waals surface area contributed by atoms with Gasteiger partial charge in [-0.3, -0.25) is 0 Å². The minimum Gasteiger partial charge on any atom is -0.464 e. The third-order valence-electron chi connectivity index (χ3n) is 4.20. The van der Waals surface area contributed by atoms with Gasteiger partial charge < -0.3 is 14.5 Å². The monoisotopic (exact) mass is 285 g/mol. The Hall–Kier alpha value is -1.74. The molecule has 2 aromatic rings. The van der Waals surface area contributed by atoms with Crippen molar-refractivity contribution in [2.75, 3.05) is 19.0 Å². The van der Waals surface area contributed by atoms with Gasteiger partial charge in [0.2, 0.25) is 0 Å². The number of hydrogen-bond donors (Lipinski definition) is 1. The Morgan fingerprint density at radius 1 is 1.24 bits per heavy atom. The van der Waals surface area contributed by atoms with E-state index in [0.29, 0.717) is 5.92 Å². The fourth-order valence-electron chi connectivity index (χ4n) is 2.71. The molecule has 0 saturated heterocycles. The third kappa shape index (κ3) is 3.48. The van der Waals surface area contributed by atoms with E-state index in [0.717, 1.165) is 42.7 Å². The van der Waals surface area contributed by atoms with Crippen LogP contribution in [0.25, 0.3) is 0 Å². The van der Waals surface area contributed by atoms with Crippen molar-refractivity contribution >= 4 is 5.69 Å². The first-order valence-corrected chi connectivity index (χ1v) is 7.67. The summed E-state index contributed by atoms with van der Waals surface area (Å²) in [7, 11) is 1.74. The molecule has 1 aromatic carbocycles. The van der Waals surface area contributed by atoms with Gasteiger partial charge in [0.25, 0.3) is 0 Å². The van der Waals surface area contributed by atoms with E-state index in [2.05, 4.69) is 48.6 Å². The molecule has 0 aliphatic heterocycles. The Balaban J connectivity index is 1.60. The minimum atomic E-state index is 0.646. The highest BCUT2D eigenvalue weighted by Gasteiger charge is 2.36. The number of nitrogens with one attached hydrogen (secondary N) is 1. The van der Waals surface area contributed by atoms with Gasteiger partial charge in [-0.1, -0.05) is 25.1 Å². The van der Waals surface area contributed by atoms with E-state index in [-0.39, 0.29) is 0 Å². The standard InChI is InChI=1S/C18H23NO2/c1-13-11-16(13)18-8-7-15(21-18)12-19-17-6-4-3-5-14(17)9-10-20-2/h3-8,13,16,19H,9-12H2,1-2H3. The molecule has 1 heterocycles. The lowest BCUT2D eigenvalue weighted by molar-refractivity contribution is 0.202. The summed E-state index contributed by atoms with van der Waals surface area (Å²) >= 11 is 0. The molecule has 0 radical (unpaired) electrons. The molecule has 1 aliphatic carbocycles. The molecule has 21 heavy (non-hydrogen) atoms. The van der Waals surface area contributed by atoms with Crippen molar-refractivity contribution in [2.24, 2.45) is 5.92 Å². The lowest BCUT2D eigenvalue weighted by atomic mass is 10.1. The van der Waals surface area contributed by atoms with Crippen molar-refractivity contribution in [1.29, 1.82) is 0 Å². The predicted molar refractivity (Wildman–Crippen MR) is 84.6 cm³/mol. The number of furan rings is 1. The summed E-state index contributed by atoms with van der Waals surface area (Å²) in [5, 5.41) is 3.47. The van der Waals surface area contributed by atoms with Crippen LogP contribution in [-0.4, -0.2) is 13.7 Å². The fraction of sp³-hybridized carbons (Fsp3) is 0.444. The van der Waals surface area contributed by atoms with Gasteiger partial charge in [0.15, 0.2) is 0 Å². The van der Waals surface area contributed by atoms with Crippen LogP contribution in [-0.2, 0) is 17.7 Å². The van der Waals surface area contributed by atoms with E-state index in [9.17, 15) is 0 Å². The van der Waals surface area contributed by atoms with E-state index in [1.807, 2.05) is 0 Å². The highest BCUT2D eigenvalue weighted by Crippen LogP contribution is 2.47. The predicted octanol–water partition coefficient (Wildman–Crippen LogP) is 4.20. The molecule has 3 nitrogen and oxygen atoms in total. The zero-order valence-electron chi connectivity index (χ0n) is 12.8. The number of methoxy groups -OCH3 is 1. The maximum absolute atomic E-state index is 5.93. The van der Waals surface area contributed by atoms with Crippen LogP contribution in [0.1, 0.15) is 36.3 Å². The molecule has 1 N–H and O–H groups in total. The highest BCUT2D eigenvalue weighted by atomic mass is 16.5. The fourth-order valence-corrected chi connectivity index (χ4v) is 2.71. The van der Waals surface area contributed by atoms with Gasteiger partial charge in [0.05, 0.1) is 13.2 Å². The topological polar surface area (TPSA) is 34.4 Å². The highest BCUT2D eigenvalue weighted by molar-refractivity contribution is 5.51. The number of hydrogen-bond acceptors (Lipinski definition) is 3. The summed E-state index contributed by atoms with van der Waals surface area (Å²) < 4.78 is 11.1. The summed E-state index contributed by atoms with van der Waals surface area (Å²) in [6, 6.07) is 12.6. The zero-order valence-corrected chi connectivity index (χ0v) is 12.8. The maximum atomic E-state index is 5.93. The minimum absolute atomic E-state index is 0.646. The molecule has 1 saturated carbocycles. The summed E-state index contributed by atoms with van der Waals surface area (Å²) in [4.78, 5) is 0. The molecule has 0 amide bonds. The van der Waals surface area contributed by atoms with Gasteiger partial charge in [0.1, 0.15) is 11.5 Å². The number of para-hydroxylation sites is 1. The van der Waals surface area contributed by atoms with Gasteiger partial charge in [-0.15, -0.1) is 0 Å². The third-order valence-corrected chi connectivity index (χ3v) is 4.20. The molecule has 2 unspecified atom stereocenters. The molecule has 0 spiro atoms. The van der Waals surface area contributed by atoms with Crippen LogP contribution in [0.15, 0.2) is 40.8 Å². The lowest BCUT2D eigenvalue weighted by Crippen LogP contribution is -2.03. The van der Waals surface area contributed by atoms with E-state index in [1.165, 1.54) is 12.0 Å². The summed E-state index contributed by atoms with van der Waals surface area (Å²) in [6.45, 7) is 3.74. The van der Waals surface area contributed by atoms with Crippen LogP contribution in [0.3, 0.4) is 0 Å². The summed E-state index contributed by atoms with van der Waals surface area (Å²) in [5.74, 6) is 3.58. The number of ether oxygens (including phenoxy) is 1. The second-order valence-corrected chi connectivity index (χ2v) is 5.88. The SMILES string of the molecule is COCCc1ccccc1NCc1ccc(C2CC2C)o1. The summed E-state index contributed by atoms with van der Waals surface area (Å²) in [6.07, 6.45) is 2.18. The summed E-state index contributed by atoms with van der Waals surface area (Å²) in [5.41, 5.74) is 2.44. The molecule has 3 heteroatoms. The van der Waals surface area contributed by atoms with E-state index in [1.54, 1.807) is 7.11 Å². The molecule has 112 valence electrons. The van der Waals surface area contributed by atoms with Crippen LogP contribution >= 0.6 is 0 Å². The molecule has 2 atom stereocenters. The molecule has 1 fully saturated rings. The van der Waals surface area contributed by atoms with Crippen molar-refractivity contribution in [2.45, 2.75) is 32.2 Å². The average Bonchev–Trinajstić information content (AvgIpc) is 3.05.